The SMILES string of the molecule is CO/C=C(/C(=O)OC)c1cccc(Oc2ccccc2)c1. The predicted molar refractivity (Wildman–Crippen MR) is 80.0 cm³/mol. The summed E-state index contributed by atoms with van der Waals surface area (Å²) in [4.78, 5) is 11.8. The van der Waals surface area contributed by atoms with Gasteiger partial charge in [-0.05, 0) is 29.8 Å². The van der Waals surface area contributed by atoms with Crippen LogP contribution in [0.1, 0.15) is 5.56 Å². The average Bonchev–Trinajstić information content (AvgIpc) is 2.53. The molecule has 2 aromatic rings. The molecule has 21 heavy (non-hydrogen) atoms. The zero-order chi connectivity index (χ0) is 15.1. The van der Waals surface area contributed by atoms with Crippen LogP contribution in [0.15, 0.2) is 60.9 Å². The Morgan fingerprint density at radius 2 is 1.67 bits per heavy atom. The van der Waals surface area contributed by atoms with Crippen molar-refractivity contribution in [1.82, 2.24) is 0 Å². The van der Waals surface area contributed by atoms with Gasteiger partial charge in [-0.3, -0.25) is 0 Å². The van der Waals surface area contributed by atoms with Gasteiger partial charge >= 0.3 is 5.97 Å². The Kier molecular flexibility index (Phi) is 4.99. The van der Waals surface area contributed by atoms with Crippen LogP contribution in [0.25, 0.3) is 5.57 Å². The highest BCUT2D eigenvalue weighted by atomic mass is 16.5. The molecule has 0 spiro atoms. The summed E-state index contributed by atoms with van der Waals surface area (Å²) in [6.07, 6.45) is 1.35. The molecule has 2 aromatic carbocycles. The lowest BCUT2D eigenvalue weighted by molar-refractivity contribution is -0.133. The number of ether oxygens (including phenoxy) is 3. The van der Waals surface area contributed by atoms with E-state index in [1.807, 2.05) is 36.4 Å². The van der Waals surface area contributed by atoms with Gasteiger partial charge in [0.05, 0.1) is 20.5 Å². The fraction of sp³-hybridized carbons (Fsp3) is 0.118. The number of hydrogen-bond donors (Lipinski definition) is 0. The summed E-state index contributed by atoms with van der Waals surface area (Å²) in [7, 11) is 2.81. The maximum absolute atomic E-state index is 11.8. The Morgan fingerprint density at radius 3 is 2.33 bits per heavy atom. The van der Waals surface area contributed by atoms with Crippen LogP contribution in [0, 0.1) is 0 Å². The van der Waals surface area contributed by atoms with Crippen LogP contribution in [-0.2, 0) is 14.3 Å². The van der Waals surface area contributed by atoms with E-state index in [0.29, 0.717) is 16.9 Å². The molecular formula is C17H16O4. The Bertz CT molecular complexity index is 632. The Labute approximate surface area is 123 Å². The number of benzene rings is 2. The fourth-order valence-electron chi connectivity index (χ4n) is 1.81. The van der Waals surface area contributed by atoms with E-state index in [9.17, 15) is 4.79 Å². The van der Waals surface area contributed by atoms with E-state index in [1.54, 1.807) is 18.2 Å². The largest absolute Gasteiger partial charge is 0.503 e. The summed E-state index contributed by atoms with van der Waals surface area (Å²) in [6.45, 7) is 0. The summed E-state index contributed by atoms with van der Waals surface area (Å²) in [5, 5.41) is 0. The molecule has 108 valence electrons. The summed E-state index contributed by atoms with van der Waals surface area (Å²) in [5.74, 6) is 0.892. The van der Waals surface area contributed by atoms with Gasteiger partial charge in [-0.1, -0.05) is 30.3 Å². The Balaban J connectivity index is 2.28. The molecule has 4 heteroatoms. The molecule has 0 atom stereocenters. The summed E-state index contributed by atoms with van der Waals surface area (Å²) >= 11 is 0. The van der Waals surface area contributed by atoms with Crippen LogP contribution in [0.4, 0.5) is 0 Å². The normalized spacial score (nSPS) is 10.9. The van der Waals surface area contributed by atoms with Crippen LogP contribution in [-0.4, -0.2) is 20.2 Å². The summed E-state index contributed by atoms with van der Waals surface area (Å²) in [6, 6.07) is 16.6. The van der Waals surface area contributed by atoms with E-state index in [0.717, 1.165) is 5.75 Å². The van der Waals surface area contributed by atoms with Gasteiger partial charge in [0.25, 0.3) is 0 Å². The van der Waals surface area contributed by atoms with Gasteiger partial charge in [0, 0.05) is 0 Å². The standard InChI is InChI=1S/C17H16O4/c1-19-12-16(17(18)20-2)13-7-6-10-15(11-13)21-14-8-4-3-5-9-14/h3-12H,1-2H3/b16-12+. The number of carbonyl (C=O) groups is 1. The molecule has 0 aliphatic carbocycles. The Morgan fingerprint density at radius 1 is 0.952 bits per heavy atom. The topological polar surface area (TPSA) is 44.8 Å². The lowest BCUT2D eigenvalue weighted by Crippen LogP contribution is -2.04. The van der Waals surface area contributed by atoms with E-state index in [-0.39, 0.29) is 0 Å². The van der Waals surface area contributed by atoms with Crippen molar-refractivity contribution in [3.63, 3.8) is 0 Å². The van der Waals surface area contributed by atoms with Crippen molar-refractivity contribution in [3.05, 3.63) is 66.4 Å². The van der Waals surface area contributed by atoms with Crippen LogP contribution in [0.2, 0.25) is 0 Å². The highest BCUT2D eigenvalue weighted by Crippen LogP contribution is 2.25. The van der Waals surface area contributed by atoms with Gasteiger partial charge in [0.2, 0.25) is 0 Å². The average molecular weight is 284 g/mol. The second-order valence-electron chi connectivity index (χ2n) is 4.20. The number of esters is 1. The maximum Gasteiger partial charge on any atom is 0.341 e. The van der Waals surface area contributed by atoms with Crippen LogP contribution in [0.3, 0.4) is 0 Å². The molecule has 0 bridgehead atoms. The molecule has 0 radical (unpaired) electrons. The second-order valence-corrected chi connectivity index (χ2v) is 4.20. The van der Waals surface area contributed by atoms with Crippen molar-refractivity contribution in [2.75, 3.05) is 14.2 Å². The van der Waals surface area contributed by atoms with Crippen molar-refractivity contribution in [2.45, 2.75) is 0 Å². The first-order chi connectivity index (χ1) is 10.2. The van der Waals surface area contributed by atoms with Gasteiger partial charge in [0.1, 0.15) is 17.1 Å². The molecule has 0 aliphatic rings. The molecule has 0 aromatic heterocycles. The first-order valence-electron chi connectivity index (χ1n) is 6.39. The molecule has 0 aliphatic heterocycles. The summed E-state index contributed by atoms with van der Waals surface area (Å²) in [5.41, 5.74) is 0.996. The fourth-order valence-corrected chi connectivity index (χ4v) is 1.81. The number of methoxy groups -OCH3 is 2. The van der Waals surface area contributed by atoms with Gasteiger partial charge < -0.3 is 14.2 Å². The van der Waals surface area contributed by atoms with E-state index >= 15 is 0 Å². The first kappa shape index (κ1) is 14.7. The highest BCUT2D eigenvalue weighted by molar-refractivity contribution is 6.16. The minimum Gasteiger partial charge on any atom is -0.503 e. The zero-order valence-electron chi connectivity index (χ0n) is 11.9. The van der Waals surface area contributed by atoms with Crippen molar-refractivity contribution < 1.29 is 19.0 Å². The minimum absolute atomic E-state index is 0.332. The number of carbonyl (C=O) groups excluding carboxylic acids is 1. The van der Waals surface area contributed by atoms with Gasteiger partial charge in [0.15, 0.2) is 0 Å². The van der Waals surface area contributed by atoms with Crippen molar-refractivity contribution in [1.29, 1.82) is 0 Å². The first-order valence-corrected chi connectivity index (χ1v) is 6.39. The van der Waals surface area contributed by atoms with E-state index in [2.05, 4.69) is 0 Å². The van der Waals surface area contributed by atoms with Gasteiger partial charge in [-0.2, -0.15) is 0 Å². The van der Waals surface area contributed by atoms with E-state index < -0.39 is 5.97 Å². The molecule has 2 rings (SSSR count). The summed E-state index contributed by atoms with van der Waals surface area (Å²) < 4.78 is 15.4. The van der Waals surface area contributed by atoms with E-state index in [4.69, 9.17) is 14.2 Å². The van der Waals surface area contributed by atoms with Gasteiger partial charge in [-0.25, -0.2) is 4.79 Å². The van der Waals surface area contributed by atoms with Crippen LogP contribution < -0.4 is 4.74 Å². The third-order valence-electron chi connectivity index (χ3n) is 2.76. The molecule has 0 saturated carbocycles. The van der Waals surface area contributed by atoms with Gasteiger partial charge in [-0.15, -0.1) is 0 Å². The van der Waals surface area contributed by atoms with Crippen molar-refractivity contribution in [2.24, 2.45) is 0 Å². The quantitative estimate of drug-likeness (QED) is 0.477. The molecule has 4 nitrogen and oxygen atoms in total. The van der Waals surface area contributed by atoms with E-state index in [1.165, 1.54) is 20.5 Å². The lowest BCUT2D eigenvalue weighted by Gasteiger charge is -2.09. The monoisotopic (exact) mass is 284 g/mol. The number of para-hydroxylation sites is 1. The smallest absolute Gasteiger partial charge is 0.341 e. The predicted octanol–water partition coefficient (Wildman–Crippen LogP) is 3.64. The zero-order valence-corrected chi connectivity index (χ0v) is 11.9. The lowest BCUT2D eigenvalue weighted by atomic mass is 10.1. The number of hydrogen-bond acceptors (Lipinski definition) is 4. The minimum atomic E-state index is -0.464. The third-order valence-corrected chi connectivity index (χ3v) is 2.76. The molecule has 0 fully saturated rings. The van der Waals surface area contributed by atoms with Crippen LogP contribution >= 0.6 is 0 Å². The molecule has 0 saturated heterocycles. The molecule has 0 unspecified atom stereocenters. The number of rotatable bonds is 5. The molecular weight excluding hydrogens is 268 g/mol. The molecule has 0 amide bonds. The van der Waals surface area contributed by atoms with Crippen molar-refractivity contribution >= 4 is 11.5 Å². The maximum atomic E-state index is 11.8. The van der Waals surface area contributed by atoms with Crippen molar-refractivity contribution in [3.8, 4) is 11.5 Å². The Hall–Kier alpha value is -2.75. The van der Waals surface area contributed by atoms with Crippen LogP contribution in [0.5, 0.6) is 11.5 Å². The second kappa shape index (κ2) is 7.14. The highest BCUT2D eigenvalue weighted by Gasteiger charge is 2.13. The third kappa shape index (κ3) is 3.86. The molecule has 0 heterocycles. The molecule has 0 N–H and O–H groups in total.